The van der Waals surface area contributed by atoms with Crippen LogP contribution in [0.5, 0.6) is 0 Å². The Morgan fingerprint density at radius 3 is 0.988 bits per heavy atom. The molecule has 5 aromatic heterocycles. The molecule has 5 aromatic rings. The van der Waals surface area contributed by atoms with Gasteiger partial charge in [-0.2, -0.15) is 25.5 Å². The first kappa shape index (κ1) is 67.6. The first-order chi connectivity index (χ1) is 38.1. The molecule has 0 aromatic carbocycles. The first-order valence-electron chi connectivity index (χ1n) is 33.4. The van der Waals surface area contributed by atoms with Crippen molar-refractivity contribution in [1.82, 2.24) is 48.9 Å². The third-order valence-corrected chi connectivity index (χ3v) is 21.0. The number of aryl methyl sites for hydroxylation is 5. The van der Waals surface area contributed by atoms with Crippen LogP contribution in [0.2, 0.25) is 0 Å². The summed E-state index contributed by atoms with van der Waals surface area (Å²) in [5.41, 5.74) is 24.6. The lowest BCUT2D eigenvalue weighted by Crippen LogP contribution is -2.33. The molecular weight excluding hydrogens is 1030 g/mol. The Kier molecular flexibility index (Phi) is 18.9. The molecule has 2 saturated carbocycles. The average Bonchev–Trinajstić information content (AvgIpc) is 2.21. The maximum absolute atomic E-state index is 5.01. The van der Waals surface area contributed by atoms with Crippen molar-refractivity contribution in [2.24, 2.45) is 35.2 Å². The van der Waals surface area contributed by atoms with Gasteiger partial charge < -0.3 is 0 Å². The van der Waals surface area contributed by atoms with Crippen LogP contribution in [-0.4, -0.2) is 48.9 Å². The maximum Gasteiger partial charge on any atom is 0.0721 e. The molecule has 0 aliphatic heterocycles. The molecule has 84 heavy (non-hydrogen) atoms. The summed E-state index contributed by atoms with van der Waals surface area (Å²) in [6.07, 6.45) is 29.2. The minimum Gasteiger partial charge on any atom is -0.272 e. The lowest BCUT2D eigenvalue weighted by Gasteiger charge is -2.40. The Morgan fingerprint density at radius 1 is 0.286 bits per heavy atom. The molecule has 472 valence electrons. The SMILES string of the molecule is C.Cn1nc(C(C)(C)C)c2c1C(C)(C)CC2.Cn1nc2c(c1C(C)(C)C)CCC2(C)C.Cn1nc2c(c1C(C)(C)C)CCC21CCCCC1.Cn1nc2c(c1C(C)(C)C)CCCC2(C)C.Cn1nc2c(c1C(C)(C)C)CCCC21CCCCC1. The molecule has 5 heterocycles. The summed E-state index contributed by atoms with van der Waals surface area (Å²) < 4.78 is 10.7. The van der Waals surface area contributed by atoms with Crippen LogP contribution in [-0.2, 0) is 121 Å². The minimum absolute atomic E-state index is 0. The van der Waals surface area contributed by atoms with Crippen molar-refractivity contribution in [3.63, 3.8) is 0 Å². The molecular formula is C74H126N10. The van der Waals surface area contributed by atoms with Gasteiger partial charge in [-0.3, -0.25) is 23.4 Å². The summed E-state index contributed by atoms with van der Waals surface area (Å²) in [4.78, 5) is 0. The van der Waals surface area contributed by atoms with Crippen molar-refractivity contribution in [3.05, 3.63) is 84.8 Å². The molecule has 0 bridgehead atoms. The first-order valence-corrected chi connectivity index (χ1v) is 33.4. The standard InChI is InChI=1S/C17H28N2.C16H26N2.C14H24N2.2C13H22N2.CH4/c1-16(2,3)15-13-9-8-12-17(10-6-5-7-11-17)14(13)18-19(15)4;1-15(2,3)14-12-8-11-16(9-6-5-7-10-16)13(12)17-18(14)4;1-13(2,3)12-10-8-7-9-14(4,5)11(10)15-16(12)6;1-12(2,3)11-9-7-8-13(4,5)10(9)14-15(11)6;1-12(2,3)10-9-7-8-13(4,5)11(9)15(6)14-10;/h5-12H2,1-4H3;5-11H2,1-4H3;7-9H2,1-6H3;2*7-8H2,1-6H3;1H4. The largest absolute Gasteiger partial charge is 0.272 e. The Morgan fingerprint density at radius 2 is 0.583 bits per heavy atom. The van der Waals surface area contributed by atoms with Gasteiger partial charge in [0, 0.05) is 118 Å². The summed E-state index contributed by atoms with van der Waals surface area (Å²) in [5.74, 6) is 0. The van der Waals surface area contributed by atoms with Crippen LogP contribution < -0.4 is 0 Å². The van der Waals surface area contributed by atoms with Gasteiger partial charge >= 0.3 is 0 Å². The zero-order valence-electron chi connectivity index (χ0n) is 58.5. The van der Waals surface area contributed by atoms with Crippen molar-refractivity contribution in [3.8, 4) is 0 Å². The van der Waals surface area contributed by atoms with Gasteiger partial charge in [0.15, 0.2) is 0 Å². The molecule has 0 amide bonds. The van der Waals surface area contributed by atoms with E-state index in [1.807, 2.05) is 0 Å². The fourth-order valence-corrected chi connectivity index (χ4v) is 17.7. The van der Waals surface area contributed by atoms with Crippen LogP contribution in [0.25, 0.3) is 0 Å². The van der Waals surface area contributed by atoms with E-state index in [0.29, 0.717) is 16.2 Å². The molecule has 2 spiro atoms. The van der Waals surface area contributed by atoms with E-state index in [1.165, 1.54) is 215 Å². The van der Waals surface area contributed by atoms with Crippen molar-refractivity contribution in [2.75, 3.05) is 0 Å². The molecule has 12 rings (SSSR count). The topological polar surface area (TPSA) is 89.1 Å². The number of nitrogens with zero attached hydrogens (tertiary/aromatic N) is 10. The van der Waals surface area contributed by atoms with Crippen molar-refractivity contribution < 1.29 is 0 Å². The highest BCUT2D eigenvalue weighted by Gasteiger charge is 2.46. The van der Waals surface area contributed by atoms with E-state index in [1.54, 1.807) is 11.1 Å². The fourth-order valence-electron chi connectivity index (χ4n) is 17.7. The van der Waals surface area contributed by atoms with E-state index >= 15 is 0 Å². The van der Waals surface area contributed by atoms with Gasteiger partial charge in [-0.05, 0) is 131 Å². The van der Waals surface area contributed by atoms with E-state index in [0.717, 1.165) is 0 Å². The van der Waals surface area contributed by atoms with Gasteiger partial charge in [-0.25, -0.2) is 0 Å². The molecule has 7 aliphatic carbocycles. The summed E-state index contributed by atoms with van der Waals surface area (Å²) in [7, 11) is 10.5. The summed E-state index contributed by atoms with van der Waals surface area (Å²) in [5, 5.41) is 24.2. The van der Waals surface area contributed by atoms with Crippen LogP contribution in [0.15, 0.2) is 0 Å². The van der Waals surface area contributed by atoms with Crippen molar-refractivity contribution in [2.45, 2.75) is 348 Å². The lowest BCUT2D eigenvalue weighted by molar-refractivity contribution is 0.248. The van der Waals surface area contributed by atoms with Gasteiger partial charge in [0.1, 0.15) is 0 Å². The predicted octanol–water partition coefficient (Wildman–Crippen LogP) is 18.0. The molecule has 0 atom stereocenters. The van der Waals surface area contributed by atoms with Crippen LogP contribution in [0.1, 0.15) is 347 Å². The van der Waals surface area contributed by atoms with Gasteiger partial charge in [-0.15, -0.1) is 0 Å². The predicted molar refractivity (Wildman–Crippen MR) is 356 cm³/mol. The van der Waals surface area contributed by atoms with Crippen LogP contribution in [0.4, 0.5) is 0 Å². The van der Waals surface area contributed by atoms with E-state index in [-0.39, 0.29) is 45.3 Å². The van der Waals surface area contributed by atoms with Crippen molar-refractivity contribution >= 4 is 0 Å². The third-order valence-electron chi connectivity index (χ3n) is 21.0. The number of hydrogen-bond acceptors (Lipinski definition) is 5. The fraction of sp³-hybridized carbons (Fsp3) is 0.797. The zero-order chi connectivity index (χ0) is 61.6. The third kappa shape index (κ3) is 13.1. The second-order valence-electron chi connectivity index (χ2n) is 34.8. The number of fused-ring (bicyclic) bond motifs is 7. The Labute approximate surface area is 514 Å². The number of hydrogen-bond donors (Lipinski definition) is 0. The van der Waals surface area contributed by atoms with Gasteiger partial charge in [0.05, 0.1) is 28.5 Å². The molecule has 0 radical (unpaired) electrons. The van der Waals surface area contributed by atoms with Crippen LogP contribution in [0.3, 0.4) is 0 Å². The molecule has 0 N–H and O–H groups in total. The zero-order valence-corrected chi connectivity index (χ0v) is 58.5. The van der Waals surface area contributed by atoms with E-state index in [9.17, 15) is 0 Å². The van der Waals surface area contributed by atoms with Gasteiger partial charge in [-0.1, -0.05) is 191 Å². The van der Waals surface area contributed by atoms with Crippen LogP contribution >= 0.6 is 0 Å². The van der Waals surface area contributed by atoms with Crippen molar-refractivity contribution in [1.29, 1.82) is 0 Å². The molecule has 10 nitrogen and oxygen atoms in total. The lowest BCUT2D eigenvalue weighted by atomic mass is 9.64. The van der Waals surface area contributed by atoms with E-state index in [2.05, 4.69) is 204 Å². The molecule has 7 aliphatic rings. The number of rotatable bonds is 0. The minimum atomic E-state index is 0. The Balaban J connectivity index is 0.000000151. The second-order valence-corrected chi connectivity index (χ2v) is 34.8. The highest BCUT2D eigenvalue weighted by atomic mass is 15.3. The smallest absolute Gasteiger partial charge is 0.0721 e. The summed E-state index contributed by atoms with van der Waals surface area (Å²) >= 11 is 0. The van der Waals surface area contributed by atoms with E-state index in [4.69, 9.17) is 25.5 Å². The highest BCUT2D eigenvalue weighted by molar-refractivity contribution is 5.44. The summed E-state index contributed by atoms with van der Waals surface area (Å²) in [6, 6.07) is 0. The van der Waals surface area contributed by atoms with E-state index < -0.39 is 0 Å². The normalized spacial score (nSPS) is 20.5. The second kappa shape index (κ2) is 23.5. The number of aromatic nitrogens is 10. The average molecular weight is 1160 g/mol. The Hall–Kier alpha value is -3.95. The highest BCUT2D eigenvalue weighted by Crippen LogP contribution is 2.52. The van der Waals surface area contributed by atoms with Crippen LogP contribution in [0, 0.1) is 0 Å². The molecule has 2 fully saturated rings. The molecule has 0 saturated heterocycles. The van der Waals surface area contributed by atoms with Gasteiger partial charge in [0.2, 0.25) is 0 Å². The molecule has 0 unspecified atom stereocenters. The van der Waals surface area contributed by atoms with Gasteiger partial charge in [0.25, 0.3) is 0 Å². The quantitative estimate of drug-likeness (QED) is 0.154. The summed E-state index contributed by atoms with van der Waals surface area (Å²) in [6.45, 7) is 48.3. The maximum atomic E-state index is 5.01. The Bertz CT molecular complexity index is 3070. The monoisotopic (exact) mass is 1160 g/mol. The molecule has 10 heteroatoms.